The van der Waals surface area contributed by atoms with Crippen molar-refractivity contribution in [1.29, 1.82) is 0 Å². The quantitative estimate of drug-likeness (QED) is 0.128. The zero-order valence-electron chi connectivity index (χ0n) is 26.3. The first-order valence-corrected chi connectivity index (χ1v) is 18.7. The minimum Gasteiger partial charge on any atom is -0.410 e. The third kappa shape index (κ3) is 5.30. The van der Waals surface area contributed by atoms with E-state index in [2.05, 4.69) is 148 Å². The van der Waals surface area contributed by atoms with Gasteiger partial charge < -0.3 is 8.99 Å². The van der Waals surface area contributed by atoms with Crippen molar-refractivity contribution in [1.82, 2.24) is 9.55 Å². The Kier molecular flexibility index (Phi) is 8.04. The van der Waals surface area contributed by atoms with Crippen molar-refractivity contribution in [2.45, 2.75) is 63.4 Å². The largest absolute Gasteiger partial charge is 0.410 e. The third-order valence-corrected chi connectivity index (χ3v) is 14.4. The van der Waals surface area contributed by atoms with Crippen molar-refractivity contribution in [2.75, 3.05) is 0 Å². The maximum atomic E-state index is 7.02. The Bertz CT molecular complexity index is 1680. The molecule has 6 rings (SSSR count). The number of imidazole rings is 1. The zero-order valence-corrected chi connectivity index (χ0v) is 28.1. The number of nitrogens with zero attached hydrogens (tertiary/aromatic N) is 2. The molecule has 0 aliphatic heterocycles. The predicted octanol–water partition coefficient (Wildman–Crippen LogP) is 10.4. The Morgan fingerprint density at radius 2 is 1.39 bits per heavy atom. The van der Waals surface area contributed by atoms with Gasteiger partial charge in [-0.3, -0.25) is 0 Å². The van der Waals surface area contributed by atoms with E-state index >= 15 is 0 Å². The molecule has 5 heteroatoms. The summed E-state index contributed by atoms with van der Waals surface area (Å²) < 4.78 is 9.26. The molecule has 0 saturated heterocycles. The van der Waals surface area contributed by atoms with Crippen molar-refractivity contribution in [3.63, 3.8) is 0 Å². The fourth-order valence-electron chi connectivity index (χ4n) is 6.38. The van der Waals surface area contributed by atoms with Gasteiger partial charge >= 0.3 is 0 Å². The highest BCUT2D eigenvalue weighted by molar-refractivity contribution is 6.74. The van der Waals surface area contributed by atoms with Gasteiger partial charge in [0.25, 0.3) is 0 Å². The molecule has 5 aromatic rings. The van der Waals surface area contributed by atoms with Crippen LogP contribution in [0.25, 0.3) is 5.57 Å². The maximum Gasteiger partial charge on any atom is 0.192 e. The SMILES string of the molecule is C=C(c1cn(C(c2ccccc2)(c2ccccc2)c2ccccc2)cn1)c1cc(Cl)cc2c1C(O[Si](C)(C)C(C)(C)C)CC2. The van der Waals surface area contributed by atoms with E-state index in [1.165, 1.54) is 11.1 Å². The first kappa shape index (κ1) is 30.3. The molecular formula is C39H41ClN2OSi. The summed E-state index contributed by atoms with van der Waals surface area (Å²) in [5.74, 6) is 0. The summed E-state index contributed by atoms with van der Waals surface area (Å²) in [4.78, 5) is 5.02. The second-order valence-corrected chi connectivity index (χ2v) is 18.6. The fourth-order valence-corrected chi connectivity index (χ4v) is 7.92. The van der Waals surface area contributed by atoms with Crippen LogP contribution in [0.1, 0.15) is 72.4 Å². The molecule has 0 amide bonds. The standard InChI is InChI=1S/C39H41ClN2OSi/c1-28(34-25-33(40)24-29-22-23-36(37(29)34)43-44(5,6)38(2,3)4)35-26-42(27-41-35)39(30-16-10-7-11-17-30,31-18-12-8-13-19-31)32-20-14-9-15-21-32/h7-21,24-27,36H,1,22-23H2,2-6H3. The molecule has 4 aromatic carbocycles. The van der Waals surface area contributed by atoms with E-state index < -0.39 is 13.9 Å². The Labute approximate surface area is 268 Å². The number of rotatable bonds is 8. The van der Waals surface area contributed by atoms with Gasteiger partial charge in [0.1, 0.15) is 5.54 Å². The third-order valence-electron chi connectivity index (χ3n) is 9.65. The maximum absolute atomic E-state index is 7.02. The van der Waals surface area contributed by atoms with E-state index in [9.17, 15) is 0 Å². The lowest BCUT2D eigenvalue weighted by Crippen LogP contribution is -2.41. The molecule has 3 nitrogen and oxygen atoms in total. The number of aryl methyl sites for hydroxylation is 1. The minimum atomic E-state index is -2.00. The van der Waals surface area contributed by atoms with E-state index in [1.54, 1.807) is 0 Å². The zero-order chi connectivity index (χ0) is 31.1. The Balaban J connectivity index is 1.49. The summed E-state index contributed by atoms with van der Waals surface area (Å²) in [6, 6.07) is 36.1. The number of benzene rings is 4. The fraction of sp³-hybridized carbons (Fsp3) is 0.256. The topological polar surface area (TPSA) is 27.1 Å². The van der Waals surface area contributed by atoms with Gasteiger partial charge in [0, 0.05) is 16.8 Å². The Morgan fingerprint density at radius 1 is 0.864 bits per heavy atom. The predicted molar refractivity (Wildman–Crippen MR) is 186 cm³/mol. The lowest BCUT2D eigenvalue weighted by molar-refractivity contribution is 0.185. The number of fused-ring (bicyclic) bond motifs is 1. The van der Waals surface area contributed by atoms with Crippen LogP contribution in [0.4, 0.5) is 0 Å². The molecule has 224 valence electrons. The van der Waals surface area contributed by atoms with Crippen LogP contribution in [0.3, 0.4) is 0 Å². The number of aromatic nitrogens is 2. The molecule has 1 heterocycles. The van der Waals surface area contributed by atoms with E-state index in [0.29, 0.717) is 0 Å². The molecule has 0 radical (unpaired) electrons. The van der Waals surface area contributed by atoms with Crippen molar-refractivity contribution in [3.05, 3.63) is 166 Å². The molecule has 0 spiro atoms. The molecule has 1 atom stereocenters. The second kappa shape index (κ2) is 11.7. The Hall–Kier alpha value is -3.70. The lowest BCUT2D eigenvalue weighted by Gasteiger charge is -2.39. The van der Waals surface area contributed by atoms with Crippen molar-refractivity contribution in [2.24, 2.45) is 0 Å². The van der Waals surface area contributed by atoms with E-state index in [1.807, 2.05) is 12.4 Å². The monoisotopic (exact) mass is 616 g/mol. The Morgan fingerprint density at radius 3 is 1.89 bits per heavy atom. The summed E-state index contributed by atoms with van der Waals surface area (Å²) >= 11 is 6.73. The van der Waals surface area contributed by atoms with Crippen LogP contribution in [0.2, 0.25) is 23.2 Å². The van der Waals surface area contributed by atoms with Gasteiger partial charge in [-0.1, -0.05) is 130 Å². The minimum absolute atomic E-state index is 0.0223. The van der Waals surface area contributed by atoms with Crippen LogP contribution in [0.5, 0.6) is 0 Å². The van der Waals surface area contributed by atoms with Crippen LogP contribution in [-0.2, 0) is 16.4 Å². The van der Waals surface area contributed by atoms with Crippen LogP contribution >= 0.6 is 11.6 Å². The molecule has 0 N–H and O–H groups in total. The van der Waals surface area contributed by atoms with Gasteiger partial charge in [-0.2, -0.15) is 0 Å². The summed E-state index contributed by atoms with van der Waals surface area (Å²) in [6.45, 7) is 16.2. The normalized spacial score (nSPS) is 15.3. The van der Waals surface area contributed by atoms with Gasteiger partial charge in [0.2, 0.25) is 0 Å². The number of hydrogen-bond donors (Lipinski definition) is 0. The molecular weight excluding hydrogens is 576 g/mol. The summed E-state index contributed by atoms with van der Waals surface area (Å²) in [5, 5.41) is 0.841. The number of halogens is 1. The molecule has 1 aliphatic carbocycles. The van der Waals surface area contributed by atoms with Crippen LogP contribution in [0.15, 0.2) is 122 Å². The molecule has 0 bridgehead atoms. The van der Waals surface area contributed by atoms with E-state index in [-0.39, 0.29) is 11.1 Å². The lowest BCUT2D eigenvalue weighted by atomic mass is 9.76. The van der Waals surface area contributed by atoms with E-state index in [4.69, 9.17) is 21.0 Å². The molecule has 1 aliphatic rings. The van der Waals surface area contributed by atoms with Gasteiger partial charge in [-0.25, -0.2) is 4.98 Å². The van der Waals surface area contributed by atoms with Gasteiger partial charge in [0.15, 0.2) is 8.32 Å². The van der Waals surface area contributed by atoms with Crippen molar-refractivity contribution < 1.29 is 4.43 Å². The van der Waals surface area contributed by atoms with E-state index in [0.717, 1.165) is 51.4 Å². The van der Waals surface area contributed by atoms with Crippen LogP contribution in [-0.4, -0.2) is 17.9 Å². The highest BCUT2D eigenvalue weighted by Crippen LogP contribution is 2.47. The molecule has 1 unspecified atom stereocenters. The second-order valence-electron chi connectivity index (χ2n) is 13.4. The average Bonchev–Trinajstić information content (AvgIpc) is 3.66. The average molecular weight is 617 g/mol. The van der Waals surface area contributed by atoms with Crippen molar-refractivity contribution >= 4 is 25.5 Å². The summed E-state index contributed by atoms with van der Waals surface area (Å²) in [6.07, 6.45) is 6.01. The number of hydrogen-bond acceptors (Lipinski definition) is 2. The molecule has 1 aromatic heterocycles. The highest BCUT2D eigenvalue weighted by Gasteiger charge is 2.42. The summed E-state index contributed by atoms with van der Waals surface area (Å²) in [7, 11) is -2.00. The smallest absolute Gasteiger partial charge is 0.192 e. The van der Waals surface area contributed by atoms with Crippen LogP contribution < -0.4 is 0 Å². The van der Waals surface area contributed by atoms with Crippen molar-refractivity contribution in [3.8, 4) is 0 Å². The molecule has 0 fully saturated rings. The molecule has 0 saturated carbocycles. The van der Waals surface area contributed by atoms with Gasteiger partial charge in [-0.05, 0) is 76.5 Å². The van der Waals surface area contributed by atoms with Gasteiger partial charge in [0.05, 0.1) is 18.1 Å². The summed E-state index contributed by atoms with van der Waals surface area (Å²) in [5.41, 5.74) is 8.00. The highest BCUT2D eigenvalue weighted by atomic mass is 35.5. The first-order valence-electron chi connectivity index (χ1n) is 15.4. The first-order chi connectivity index (χ1) is 21.0. The molecule has 44 heavy (non-hydrogen) atoms. The van der Waals surface area contributed by atoms with Gasteiger partial charge in [-0.15, -0.1) is 0 Å². The van der Waals surface area contributed by atoms with Crippen LogP contribution in [0, 0.1) is 0 Å².